The molecule has 0 saturated carbocycles. The Kier molecular flexibility index (Phi) is 9.20. The summed E-state index contributed by atoms with van der Waals surface area (Å²) in [5.41, 5.74) is 0.799. The van der Waals surface area contributed by atoms with Gasteiger partial charge in [0.1, 0.15) is 28.4 Å². The predicted molar refractivity (Wildman–Crippen MR) is 144 cm³/mol. The zero-order valence-corrected chi connectivity index (χ0v) is 23.3. The van der Waals surface area contributed by atoms with Gasteiger partial charge in [0.2, 0.25) is 0 Å². The lowest BCUT2D eigenvalue weighted by atomic mass is 10.2. The summed E-state index contributed by atoms with van der Waals surface area (Å²) in [6, 6.07) is 17.8. The first-order valence-electron chi connectivity index (χ1n) is 11.4. The largest absolute Gasteiger partial charge is 0.768 e. The average Bonchev–Trinajstić information content (AvgIpc) is 3.33. The molecule has 0 spiro atoms. The molecule has 0 bridgehead atoms. The monoisotopic (exact) mass is 591 g/mol. The molecule has 8 nitrogen and oxygen atoms in total. The van der Waals surface area contributed by atoms with Crippen molar-refractivity contribution in [3.05, 3.63) is 90.0 Å². The maximum atomic E-state index is 13.7. The molecule has 1 unspecified atom stereocenters. The Morgan fingerprint density at radius 2 is 1.95 bits per heavy atom. The third-order valence-electron chi connectivity index (χ3n) is 5.33. The van der Waals surface area contributed by atoms with Crippen LogP contribution in [0.15, 0.2) is 77.3 Å². The van der Waals surface area contributed by atoms with Crippen molar-refractivity contribution in [3.63, 3.8) is 0 Å². The molecule has 0 fully saturated rings. The number of sulfonamides is 1. The molecule has 0 amide bonds. The second kappa shape index (κ2) is 12.4. The zero-order valence-electron chi connectivity index (χ0n) is 19.9. The molecule has 0 aliphatic heterocycles. The van der Waals surface area contributed by atoms with E-state index in [-0.39, 0.29) is 15.5 Å². The molecule has 4 rings (SSSR count). The van der Waals surface area contributed by atoms with Gasteiger partial charge in [-0.05, 0) is 41.0 Å². The Hall–Kier alpha value is -2.78. The summed E-state index contributed by atoms with van der Waals surface area (Å²) in [6.07, 6.45) is 4.08. The Labute approximate surface area is 228 Å². The van der Waals surface area contributed by atoms with E-state index in [4.69, 9.17) is 9.79 Å². The molecule has 0 aliphatic rings. The fourth-order valence-corrected chi connectivity index (χ4v) is 8.34. The molecule has 0 aliphatic carbocycles. The fourth-order valence-electron chi connectivity index (χ4n) is 3.47. The van der Waals surface area contributed by atoms with Gasteiger partial charge in [0, 0.05) is 35.1 Å². The first kappa shape index (κ1) is 28.2. The van der Waals surface area contributed by atoms with Gasteiger partial charge < -0.3 is 9.42 Å². The number of nitriles is 1. The molecule has 0 saturated heterocycles. The van der Waals surface area contributed by atoms with Crippen molar-refractivity contribution in [2.45, 2.75) is 22.9 Å². The number of hydrogen-bond donors (Lipinski definition) is 1. The molecule has 0 radical (unpaired) electrons. The molecule has 38 heavy (non-hydrogen) atoms. The van der Waals surface area contributed by atoms with Crippen molar-refractivity contribution in [1.82, 2.24) is 4.72 Å². The SMILES string of the molecule is N#Cc1ccc(OP(=O)([O-])CNS(=O)(=O)c2cc3ccc(CSCCC[n+]4ccccc4)cc3s2)cc1F. The van der Waals surface area contributed by atoms with Gasteiger partial charge in [-0.1, -0.05) is 18.2 Å². The summed E-state index contributed by atoms with van der Waals surface area (Å²) < 4.78 is 61.2. The van der Waals surface area contributed by atoms with E-state index in [1.807, 2.05) is 53.5 Å². The van der Waals surface area contributed by atoms with Crippen LogP contribution in [0.5, 0.6) is 5.75 Å². The lowest BCUT2D eigenvalue weighted by Crippen LogP contribution is -2.32. The molecule has 198 valence electrons. The normalized spacial score (nSPS) is 13.2. The zero-order chi connectivity index (χ0) is 27.2. The van der Waals surface area contributed by atoms with E-state index in [0.29, 0.717) is 0 Å². The highest BCUT2D eigenvalue weighted by atomic mass is 32.2. The van der Waals surface area contributed by atoms with E-state index >= 15 is 0 Å². The van der Waals surface area contributed by atoms with Gasteiger partial charge >= 0.3 is 0 Å². The minimum atomic E-state index is -4.74. The second-order valence-electron chi connectivity index (χ2n) is 8.22. The predicted octanol–water partition coefficient (Wildman–Crippen LogP) is 4.39. The minimum Gasteiger partial charge on any atom is -0.768 e. The van der Waals surface area contributed by atoms with Crippen LogP contribution >= 0.6 is 30.7 Å². The number of benzene rings is 2. The summed E-state index contributed by atoms with van der Waals surface area (Å²) in [5.74, 6) is 0.477. The number of aromatic nitrogens is 1. The maximum Gasteiger partial charge on any atom is 0.250 e. The number of rotatable bonds is 12. The number of pyridine rings is 1. The summed E-state index contributed by atoms with van der Waals surface area (Å²) in [4.78, 5) is 12.3. The third kappa shape index (κ3) is 7.63. The van der Waals surface area contributed by atoms with Crippen LogP contribution in [-0.4, -0.2) is 20.5 Å². The maximum absolute atomic E-state index is 13.7. The summed E-state index contributed by atoms with van der Waals surface area (Å²) in [6.45, 7) is 0.942. The quantitative estimate of drug-likeness (QED) is 0.147. The fraction of sp³-hybridized carbons (Fsp3) is 0.200. The molecule has 2 aromatic heterocycles. The standard InChI is InChI=1S/C25H23FN3O5PS3/c26-23-15-22(8-7-21(23)16-27)34-35(30,31)18-28-38(32,33)25-14-20-6-5-19(13-24(20)37-25)17-36-12-4-11-29-9-2-1-3-10-29/h1-3,5-10,13-15,28H,4,11-12,17-18H2. The van der Waals surface area contributed by atoms with E-state index < -0.39 is 29.7 Å². The van der Waals surface area contributed by atoms with Gasteiger partial charge in [-0.2, -0.15) is 17.0 Å². The van der Waals surface area contributed by atoms with Crippen LogP contribution in [0.2, 0.25) is 0 Å². The van der Waals surface area contributed by atoms with Crippen molar-refractivity contribution in [2.24, 2.45) is 0 Å². The Morgan fingerprint density at radius 1 is 1.16 bits per heavy atom. The average molecular weight is 592 g/mol. The molecule has 4 aromatic rings. The second-order valence-corrected chi connectivity index (χ2v) is 14.1. The summed E-state index contributed by atoms with van der Waals surface area (Å²) in [7, 11) is -8.88. The molecular weight excluding hydrogens is 568 g/mol. The molecular formula is C25H23FN3O5PS3. The van der Waals surface area contributed by atoms with Crippen LogP contribution in [0.4, 0.5) is 4.39 Å². The summed E-state index contributed by atoms with van der Waals surface area (Å²) in [5, 5.41) is 9.50. The first-order valence-corrected chi connectivity index (χ1v) is 16.6. The number of hydrogen-bond acceptors (Lipinski definition) is 8. The van der Waals surface area contributed by atoms with Crippen molar-refractivity contribution in [1.29, 1.82) is 5.26 Å². The van der Waals surface area contributed by atoms with Crippen molar-refractivity contribution < 1.29 is 31.4 Å². The molecule has 1 atom stereocenters. The number of nitrogens with zero attached hydrogens (tertiary/aromatic N) is 2. The third-order valence-corrected chi connectivity index (χ3v) is 10.7. The van der Waals surface area contributed by atoms with Crippen molar-refractivity contribution >= 4 is 50.8 Å². The van der Waals surface area contributed by atoms with Crippen LogP contribution in [0.1, 0.15) is 17.5 Å². The number of thiophene rings is 1. The lowest BCUT2D eigenvalue weighted by Gasteiger charge is -2.24. The van der Waals surface area contributed by atoms with Crippen molar-refractivity contribution in [2.75, 3.05) is 12.0 Å². The molecule has 13 heteroatoms. The summed E-state index contributed by atoms with van der Waals surface area (Å²) >= 11 is 2.85. The van der Waals surface area contributed by atoms with E-state index in [2.05, 4.69) is 4.57 Å². The van der Waals surface area contributed by atoms with Gasteiger partial charge in [-0.15, -0.1) is 11.3 Å². The highest BCUT2D eigenvalue weighted by Crippen LogP contribution is 2.38. The Morgan fingerprint density at radius 3 is 2.68 bits per heavy atom. The molecule has 2 heterocycles. The number of fused-ring (bicyclic) bond motifs is 1. The van der Waals surface area contributed by atoms with Crippen LogP contribution < -0.4 is 18.7 Å². The highest BCUT2D eigenvalue weighted by molar-refractivity contribution is 7.98. The molecule has 2 aromatic carbocycles. The van der Waals surface area contributed by atoms with E-state index in [9.17, 15) is 22.3 Å². The van der Waals surface area contributed by atoms with E-state index in [0.717, 1.165) is 69.7 Å². The van der Waals surface area contributed by atoms with Gasteiger partial charge in [-0.25, -0.2) is 22.1 Å². The van der Waals surface area contributed by atoms with Gasteiger partial charge in [0.25, 0.3) is 10.0 Å². The smallest absolute Gasteiger partial charge is 0.250 e. The van der Waals surface area contributed by atoms with E-state index in [1.165, 1.54) is 6.07 Å². The topological polar surface area (TPSA) is 123 Å². The number of nitrogens with one attached hydrogen (secondary N) is 1. The van der Waals surface area contributed by atoms with Gasteiger partial charge in [-0.3, -0.25) is 4.57 Å². The Bertz CT molecular complexity index is 1620. The molecule has 1 N–H and O–H groups in total. The minimum absolute atomic E-state index is 0.0263. The highest BCUT2D eigenvalue weighted by Gasteiger charge is 2.21. The number of halogens is 1. The van der Waals surface area contributed by atoms with Crippen LogP contribution in [0, 0.1) is 17.1 Å². The lowest BCUT2D eigenvalue weighted by molar-refractivity contribution is -0.696. The Balaban J connectivity index is 1.33. The first-order chi connectivity index (χ1) is 18.1. The number of aryl methyl sites for hydroxylation is 1. The number of thioether (sulfide) groups is 1. The van der Waals surface area contributed by atoms with Crippen LogP contribution in [0.3, 0.4) is 0 Å². The van der Waals surface area contributed by atoms with Gasteiger partial charge in [0.05, 0.1) is 11.8 Å². The van der Waals surface area contributed by atoms with Crippen LogP contribution in [-0.2, 0) is 26.9 Å². The van der Waals surface area contributed by atoms with E-state index in [1.54, 1.807) is 17.8 Å². The van der Waals surface area contributed by atoms with Gasteiger partial charge in [0.15, 0.2) is 20.0 Å². The van der Waals surface area contributed by atoms with Crippen molar-refractivity contribution in [3.8, 4) is 11.8 Å². The van der Waals surface area contributed by atoms with Crippen LogP contribution in [0.25, 0.3) is 10.1 Å².